The monoisotopic (exact) mass is 463 g/mol. The fraction of sp³-hybridized carbons (Fsp3) is 0.360. The summed E-state index contributed by atoms with van der Waals surface area (Å²) in [6, 6.07) is 14.6. The number of pyridine rings is 1. The Kier molecular flexibility index (Phi) is 5.57. The summed E-state index contributed by atoms with van der Waals surface area (Å²) in [5.74, 6) is 0.362. The minimum atomic E-state index is 0.156. The lowest BCUT2D eigenvalue weighted by Gasteiger charge is -2.16. The first-order valence-electron chi connectivity index (χ1n) is 10.9. The molecule has 5 rings (SSSR count). The molecule has 0 unspecified atom stereocenters. The Bertz CT molecular complexity index is 1090. The molecule has 30 heavy (non-hydrogen) atoms. The van der Waals surface area contributed by atoms with Crippen LogP contribution in [0, 0.1) is 5.92 Å². The molecule has 2 fully saturated rings. The Morgan fingerprint density at radius 1 is 1.13 bits per heavy atom. The van der Waals surface area contributed by atoms with E-state index < -0.39 is 0 Å². The minimum Gasteiger partial charge on any atom is -0.354 e. The quantitative estimate of drug-likeness (QED) is 0.438. The van der Waals surface area contributed by atoms with Crippen LogP contribution in [-0.4, -0.2) is 35.3 Å². The van der Waals surface area contributed by atoms with Gasteiger partial charge in [0, 0.05) is 34.2 Å². The normalized spacial score (nSPS) is 16.8. The lowest BCUT2D eigenvalue weighted by atomic mass is 10.0. The number of anilines is 2. The van der Waals surface area contributed by atoms with Crippen molar-refractivity contribution in [2.24, 2.45) is 5.92 Å². The van der Waals surface area contributed by atoms with E-state index in [1.54, 1.807) is 6.20 Å². The standard InChI is InChI=1S/C25H26BrN3O/c26-19-8-9-23-21(15-19)24(22(16-27-23)25(30)18-6-7-18)28-20-5-3-4-17(14-20)10-13-29-11-1-2-12-29/h3-5,8-9,14-16,18H,1-2,6-7,10-13H2,(H,27,28). The summed E-state index contributed by atoms with van der Waals surface area (Å²) >= 11 is 3.57. The smallest absolute Gasteiger partial charge is 0.169 e. The summed E-state index contributed by atoms with van der Waals surface area (Å²) in [7, 11) is 0. The number of carbonyl (C=O) groups is 1. The molecule has 3 aromatic rings. The van der Waals surface area contributed by atoms with Crippen LogP contribution < -0.4 is 5.32 Å². The van der Waals surface area contributed by atoms with Crippen molar-refractivity contribution < 1.29 is 4.79 Å². The van der Waals surface area contributed by atoms with Gasteiger partial charge in [-0.3, -0.25) is 9.78 Å². The van der Waals surface area contributed by atoms with Crippen molar-refractivity contribution in [3.8, 4) is 0 Å². The Labute approximate surface area is 185 Å². The van der Waals surface area contributed by atoms with Crippen LogP contribution in [0.1, 0.15) is 41.6 Å². The zero-order valence-corrected chi connectivity index (χ0v) is 18.6. The minimum absolute atomic E-state index is 0.156. The van der Waals surface area contributed by atoms with Crippen LogP contribution in [0.2, 0.25) is 0 Å². The first kappa shape index (κ1) is 19.7. The summed E-state index contributed by atoms with van der Waals surface area (Å²) in [5, 5.41) is 4.55. The summed E-state index contributed by atoms with van der Waals surface area (Å²) < 4.78 is 0.982. The van der Waals surface area contributed by atoms with Crippen LogP contribution in [0.15, 0.2) is 53.1 Å². The molecule has 2 aromatic carbocycles. The molecule has 0 bridgehead atoms. The first-order valence-corrected chi connectivity index (χ1v) is 11.7. The number of hydrogen-bond acceptors (Lipinski definition) is 4. The molecule has 0 radical (unpaired) electrons. The summed E-state index contributed by atoms with van der Waals surface area (Å²) in [6.45, 7) is 3.56. The Morgan fingerprint density at radius 2 is 1.97 bits per heavy atom. The average Bonchev–Trinajstić information content (AvgIpc) is 3.48. The van der Waals surface area contributed by atoms with Crippen LogP contribution in [0.25, 0.3) is 10.9 Å². The number of fused-ring (bicyclic) bond motifs is 1. The van der Waals surface area contributed by atoms with Crippen LogP contribution >= 0.6 is 15.9 Å². The van der Waals surface area contributed by atoms with Gasteiger partial charge in [0.2, 0.25) is 0 Å². The number of nitrogens with zero attached hydrogens (tertiary/aromatic N) is 2. The number of benzene rings is 2. The first-order chi connectivity index (χ1) is 14.7. The van der Waals surface area contributed by atoms with Crippen LogP contribution in [0.4, 0.5) is 11.4 Å². The molecular formula is C25H26BrN3O. The number of ketones is 1. The molecule has 1 aliphatic heterocycles. The van der Waals surface area contributed by atoms with Crippen LogP contribution in [0.3, 0.4) is 0 Å². The lowest BCUT2D eigenvalue weighted by Crippen LogP contribution is -2.21. The van der Waals surface area contributed by atoms with Crippen molar-refractivity contribution in [3.05, 3.63) is 64.3 Å². The molecule has 1 saturated heterocycles. The Balaban J connectivity index is 1.46. The molecule has 0 amide bonds. The van der Waals surface area contributed by atoms with Crippen molar-refractivity contribution in [2.75, 3.05) is 25.0 Å². The van der Waals surface area contributed by atoms with E-state index in [4.69, 9.17) is 0 Å². The van der Waals surface area contributed by atoms with E-state index in [0.29, 0.717) is 5.56 Å². The molecule has 1 saturated carbocycles. The molecule has 1 aliphatic carbocycles. The Morgan fingerprint density at radius 3 is 2.77 bits per heavy atom. The maximum atomic E-state index is 13.0. The molecule has 2 aliphatic rings. The zero-order valence-electron chi connectivity index (χ0n) is 17.0. The largest absolute Gasteiger partial charge is 0.354 e. The summed E-state index contributed by atoms with van der Waals surface area (Å²) in [6.07, 6.45) is 7.41. The van der Waals surface area contributed by atoms with Gasteiger partial charge in [-0.05, 0) is 81.1 Å². The van der Waals surface area contributed by atoms with Gasteiger partial charge >= 0.3 is 0 Å². The summed E-state index contributed by atoms with van der Waals surface area (Å²) in [4.78, 5) is 20.1. The average molecular weight is 464 g/mol. The van der Waals surface area contributed by atoms with Crippen LogP contribution in [0.5, 0.6) is 0 Å². The van der Waals surface area contributed by atoms with Crippen molar-refractivity contribution in [1.82, 2.24) is 9.88 Å². The third-order valence-corrected chi connectivity index (χ3v) is 6.65. The highest BCUT2D eigenvalue weighted by Crippen LogP contribution is 2.38. The highest BCUT2D eigenvalue weighted by atomic mass is 79.9. The van der Waals surface area contributed by atoms with Gasteiger partial charge in [-0.2, -0.15) is 0 Å². The third kappa shape index (κ3) is 4.28. The molecule has 2 heterocycles. The van der Waals surface area contributed by atoms with Gasteiger partial charge in [-0.25, -0.2) is 0 Å². The van der Waals surface area contributed by atoms with Gasteiger partial charge in [0.15, 0.2) is 5.78 Å². The SMILES string of the molecule is O=C(c1cnc2ccc(Br)cc2c1Nc1cccc(CCN2CCCC2)c1)C1CC1. The fourth-order valence-corrected chi connectivity index (χ4v) is 4.66. The number of Topliss-reactive ketones (excluding diaryl/α,β-unsaturated/α-hetero) is 1. The van der Waals surface area contributed by atoms with E-state index in [2.05, 4.69) is 55.4 Å². The number of carbonyl (C=O) groups excluding carboxylic acids is 1. The van der Waals surface area contributed by atoms with E-state index >= 15 is 0 Å². The van der Waals surface area contributed by atoms with Gasteiger partial charge in [0.25, 0.3) is 0 Å². The second-order valence-electron chi connectivity index (χ2n) is 8.47. The van der Waals surface area contributed by atoms with E-state index in [9.17, 15) is 4.79 Å². The van der Waals surface area contributed by atoms with Gasteiger partial charge in [0.1, 0.15) is 0 Å². The number of halogens is 1. The fourth-order valence-electron chi connectivity index (χ4n) is 4.29. The number of hydrogen-bond donors (Lipinski definition) is 1. The van der Waals surface area contributed by atoms with Gasteiger partial charge in [-0.1, -0.05) is 28.1 Å². The van der Waals surface area contributed by atoms with E-state index in [1.165, 1.54) is 31.5 Å². The van der Waals surface area contributed by atoms with E-state index in [-0.39, 0.29) is 11.7 Å². The molecule has 0 atom stereocenters. The second-order valence-corrected chi connectivity index (χ2v) is 9.39. The predicted molar refractivity (Wildman–Crippen MR) is 126 cm³/mol. The van der Waals surface area contributed by atoms with Crippen molar-refractivity contribution in [1.29, 1.82) is 0 Å². The number of rotatable bonds is 7. The molecule has 5 heteroatoms. The summed E-state index contributed by atoms with van der Waals surface area (Å²) in [5.41, 5.74) is 4.80. The van der Waals surface area contributed by atoms with Crippen molar-refractivity contribution >= 4 is 44.0 Å². The predicted octanol–water partition coefficient (Wildman–Crippen LogP) is 5.97. The van der Waals surface area contributed by atoms with Gasteiger partial charge in [0.05, 0.1) is 16.8 Å². The van der Waals surface area contributed by atoms with E-state index in [1.807, 2.05) is 18.2 Å². The molecule has 1 aromatic heterocycles. The van der Waals surface area contributed by atoms with Crippen LogP contribution in [-0.2, 0) is 6.42 Å². The number of aromatic nitrogens is 1. The molecular weight excluding hydrogens is 438 g/mol. The maximum Gasteiger partial charge on any atom is 0.169 e. The van der Waals surface area contributed by atoms with Gasteiger partial charge in [-0.15, -0.1) is 0 Å². The number of likely N-dealkylation sites (tertiary alicyclic amines) is 1. The molecule has 0 spiro atoms. The lowest BCUT2D eigenvalue weighted by molar-refractivity contribution is 0.0968. The topological polar surface area (TPSA) is 45.2 Å². The highest BCUT2D eigenvalue weighted by molar-refractivity contribution is 9.10. The highest BCUT2D eigenvalue weighted by Gasteiger charge is 2.32. The Hall–Kier alpha value is -2.24. The van der Waals surface area contributed by atoms with Crippen molar-refractivity contribution in [3.63, 3.8) is 0 Å². The molecule has 1 N–H and O–H groups in total. The molecule has 4 nitrogen and oxygen atoms in total. The number of nitrogens with one attached hydrogen (secondary N) is 1. The van der Waals surface area contributed by atoms with Crippen molar-refractivity contribution in [2.45, 2.75) is 32.1 Å². The second kappa shape index (κ2) is 8.48. The van der Waals surface area contributed by atoms with Gasteiger partial charge < -0.3 is 10.2 Å². The molecule has 154 valence electrons. The third-order valence-electron chi connectivity index (χ3n) is 6.16. The zero-order chi connectivity index (χ0) is 20.5. The maximum absolute atomic E-state index is 13.0. The van der Waals surface area contributed by atoms with E-state index in [0.717, 1.165) is 52.6 Å².